The third-order valence-corrected chi connectivity index (χ3v) is 3.23. The van der Waals surface area contributed by atoms with Gasteiger partial charge in [-0.1, -0.05) is 31.2 Å². The molecule has 0 atom stereocenters. The number of aromatic nitrogens is 4. The van der Waals surface area contributed by atoms with Crippen LogP contribution < -0.4 is 5.73 Å². The Bertz CT molecular complexity index is 702. The summed E-state index contributed by atoms with van der Waals surface area (Å²) in [7, 11) is 0. The van der Waals surface area contributed by atoms with Crippen LogP contribution in [0.1, 0.15) is 12.5 Å². The molecule has 0 fully saturated rings. The number of hydrogen-bond donors (Lipinski definition) is 2. The lowest BCUT2D eigenvalue weighted by Gasteiger charge is -2.08. The van der Waals surface area contributed by atoms with Crippen molar-refractivity contribution in [3.8, 4) is 22.5 Å². The minimum Gasteiger partial charge on any atom is -0.368 e. The Morgan fingerprint density at radius 3 is 2.60 bits per heavy atom. The summed E-state index contributed by atoms with van der Waals surface area (Å²) in [6.45, 7) is 2.13. The van der Waals surface area contributed by atoms with Crippen LogP contribution >= 0.6 is 0 Å². The number of hydrogen-bond acceptors (Lipinski definition) is 4. The van der Waals surface area contributed by atoms with Gasteiger partial charge in [0.05, 0.1) is 23.9 Å². The van der Waals surface area contributed by atoms with E-state index < -0.39 is 0 Å². The first kappa shape index (κ1) is 12.3. The Labute approximate surface area is 116 Å². The van der Waals surface area contributed by atoms with E-state index in [9.17, 15) is 0 Å². The summed E-state index contributed by atoms with van der Waals surface area (Å²) in [4.78, 5) is 15.6. The molecule has 5 nitrogen and oxygen atoms in total. The first-order chi connectivity index (χ1) is 9.78. The van der Waals surface area contributed by atoms with Crippen molar-refractivity contribution >= 4 is 5.95 Å². The summed E-state index contributed by atoms with van der Waals surface area (Å²) in [6.07, 6.45) is 6.12. The molecule has 0 bridgehead atoms. The molecule has 5 heteroatoms. The lowest BCUT2D eigenvalue weighted by Crippen LogP contribution is -1.98. The summed E-state index contributed by atoms with van der Waals surface area (Å²) in [5.74, 6) is 0.267. The van der Waals surface area contributed by atoms with Gasteiger partial charge in [0.2, 0.25) is 5.95 Å². The number of nitrogen functional groups attached to an aromatic ring is 1. The van der Waals surface area contributed by atoms with Crippen LogP contribution in [0.4, 0.5) is 5.95 Å². The van der Waals surface area contributed by atoms with Gasteiger partial charge in [-0.15, -0.1) is 0 Å². The zero-order chi connectivity index (χ0) is 13.9. The van der Waals surface area contributed by atoms with Crippen LogP contribution in [0.3, 0.4) is 0 Å². The third-order valence-electron chi connectivity index (χ3n) is 3.23. The molecule has 3 N–H and O–H groups in total. The van der Waals surface area contributed by atoms with Gasteiger partial charge in [0.1, 0.15) is 0 Å². The fourth-order valence-electron chi connectivity index (χ4n) is 2.11. The Morgan fingerprint density at radius 2 is 1.95 bits per heavy atom. The minimum absolute atomic E-state index is 0.267. The van der Waals surface area contributed by atoms with Crippen LogP contribution in [0.25, 0.3) is 22.5 Å². The highest BCUT2D eigenvalue weighted by molar-refractivity contribution is 5.78. The van der Waals surface area contributed by atoms with Gasteiger partial charge in [-0.2, -0.15) is 0 Å². The Morgan fingerprint density at radius 1 is 1.15 bits per heavy atom. The summed E-state index contributed by atoms with van der Waals surface area (Å²) in [6, 6.07) is 8.32. The number of rotatable bonds is 3. The van der Waals surface area contributed by atoms with Crippen LogP contribution in [0.2, 0.25) is 0 Å². The summed E-state index contributed by atoms with van der Waals surface area (Å²) in [5, 5.41) is 0. The fraction of sp³-hybridized carbons (Fsp3) is 0.133. The molecule has 2 aromatic heterocycles. The summed E-state index contributed by atoms with van der Waals surface area (Å²) >= 11 is 0. The van der Waals surface area contributed by atoms with E-state index in [1.165, 1.54) is 5.56 Å². The molecule has 0 aliphatic rings. The van der Waals surface area contributed by atoms with Crippen molar-refractivity contribution in [2.45, 2.75) is 13.3 Å². The summed E-state index contributed by atoms with van der Waals surface area (Å²) in [5.41, 5.74) is 10.6. The average molecular weight is 265 g/mol. The van der Waals surface area contributed by atoms with Crippen LogP contribution in [-0.2, 0) is 6.42 Å². The quantitative estimate of drug-likeness (QED) is 0.763. The van der Waals surface area contributed by atoms with Crippen molar-refractivity contribution in [3.05, 3.63) is 48.5 Å². The second-order valence-corrected chi connectivity index (χ2v) is 4.51. The molecule has 0 radical (unpaired) electrons. The first-order valence-corrected chi connectivity index (χ1v) is 6.48. The molecular formula is C15H15N5. The van der Waals surface area contributed by atoms with E-state index in [-0.39, 0.29) is 5.95 Å². The van der Waals surface area contributed by atoms with Crippen LogP contribution in [0.15, 0.2) is 43.0 Å². The van der Waals surface area contributed by atoms with E-state index in [4.69, 9.17) is 5.73 Å². The minimum atomic E-state index is 0.267. The molecule has 3 rings (SSSR count). The van der Waals surface area contributed by atoms with Crippen molar-refractivity contribution in [2.75, 3.05) is 5.73 Å². The number of aryl methyl sites for hydroxylation is 1. The van der Waals surface area contributed by atoms with Crippen molar-refractivity contribution in [3.63, 3.8) is 0 Å². The molecule has 2 heterocycles. The van der Waals surface area contributed by atoms with E-state index in [0.717, 1.165) is 28.9 Å². The maximum Gasteiger partial charge on any atom is 0.220 e. The highest BCUT2D eigenvalue weighted by Gasteiger charge is 2.11. The van der Waals surface area contributed by atoms with Crippen molar-refractivity contribution in [1.29, 1.82) is 0 Å². The van der Waals surface area contributed by atoms with Gasteiger partial charge in [-0.05, 0) is 12.0 Å². The first-order valence-electron chi connectivity index (χ1n) is 6.48. The zero-order valence-electron chi connectivity index (χ0n) is 11.2. The number of benzene rings is 1. The maximum absolute atomic E-state index is 5.73. The van der Waals surface area contributed by atoms with E-state index in [0.29, 0.717) is 0 Å². The maximum atomic E-state index is 5.73. The molecule has 0 spiro atoms. The van der Waals surface area contributed by atoms with Crippen molar-refractivity contribution in [2.24, 2.45) is 0 Å². The lowest BCUT2D eigenvalue weighted by molar-refractivity contribution is 1.14. The Kier molecular flexibility index (Phi) is 3.16. The highest BCUT2D eigenvalue weighted by atomic mass is 15.0. The van der Waals surface area contributed by atoms with Crippen LogP contribution in [0, 0.1) is 0 Å². The number of nitrogens with zero attached hydrogens (tertiary/aromatic N) is 3. The molecule has 3 aromatic rings. The second-order valence-electron chi connectivity index (χ2n) is 4.51. The van der Waals surface area contributed by atoms with Crippen molar-refractivity contribution < 1.29 is 0 Å². The molecule has 0 aliphatic carbocycles. The molecule has 20 heavy (non-hydrogen) atoms. The molecule has 100 valence electrons. The van der Waals surface area contributed by atoms with Gasteiger partial charge in [-0.25, -0.2) is 15.0 Å². The van der Waals surface area contributed by atoms with Gasteiger partial charge >= 0.3 is 0 Å². The monoisotopic (exact) mass is 265 g/mol. The van der Waals surface area contributed by atoms with E-state index in [2.05, 4.69) is 51.1 Å². The fourth-order valence-corrected chi connectivity index (χ4v) is 2.11. The predicted octanol–water partition coefficient (Wildman–Crippen LogP) is 2.68. The predicted molar refractivity (Wildman–Crippen MR) is 78.8 cm³/mol. The van der Waals surface area contributed by atoms with Crippen LogP contribution in [0.5, 0.6) is 0 Å². The lowest BCUT2D eigenvalue weighted by atomic mass is 10.0. The second kappa shape index (κ2) is 5.13. The van der Waals surface area contributed by atoms with Gasteiger partial charge in [0.25, 0.3) is 0 Å². The zero-order valence-corrected chi connectivity index (χ0v) is 11.2. The molecule has 0 saturated carbocycles. The van der Waals surface area contributed by atoms with Crippen LogP contribution in [-0.4, -0.2) is 19.9 Å². The normalized spacial score (nSPS) is 10.7. The molecule has 0 aliphatic heterocycles. The molecule has 0 unspecified atom stereocenters. The Hall–Kier alpha value is -2.69. The van der Waals surface area contributed by atoms with Gasteiger partial charge in [-0.3, -0.25) is 0 Å². The van der Waals surface area contributed by atoms with E-state index in [1.807, 2.05) is 0 Å². The van der Waals surface area contributed by atoms with E-state index in [1.54, 1.807) is 18.7 Å². The smallest absolute Gasteiger partial charge is 0.220 e. The SMILES string of the molecule is CCc1ccc(-c2nc(N)ncc2-c2cnc[nH]2)cc1. The standard InChI is InChI=1S/C15H15N5/c1-2-10-3-5-11(6-4-10)14-12(7-18-15(16)20-14)13-8-17-9-19-13/h3-9H,2H2,1H3,(H,17,19)(H2,16,18,20). The molecule has 0 saturated heterocycles. The summed E-state index contributed by atoms with van der Waals surface area (Å²) < 4.78 is 0. The van der Waals surface area contributed by atoms with Gasteiger partial charge in [0, 0.05) is 17.3 Å². The number of anilines is 1. The number of imidazole rings is 1. The molecular weight excluding hydrogens is 250 g/mol. The van der Waals surface area contributed by atoms with E-state index >= 15 is 0 Å². The number of nitrogens with one attached hydrogen (secondary N) is 1. The third kappa shape index (κ3) is 2.25. The molecule has 1 aromatic carbocycles. The van der Waals surface area contributed by atoms with Gasteiger partial charge in [0.15, 0.2) is 0 Å². The van der Waals surface area contributed by atoms with Crippen molar-refractivity contribution in [1.82, 2.24) is 19.9 Å². The molecule has 0 amide bonds. The topological polar surface area (TPSA) is 80.5 Å². The average Bonchev–Trinajstić information content (AvgIpc) is 3.01. The Balaban J connectivity index is 2.13. The number of nitrogens with two attached hydrogens (primary N) is 1. The number of aromatic amines is 1. The highest BCUT2D eigenvalue weighted by Crippen LogP contribution is 2.29. The van der Waals surface area contributed by atoms with Gasteiger partial charge < -0.3 is 10.7 Å². The largest absolute Gasteiger partial charge is 0.368 e. The number of H-pyrrole nitrogens is 1.